The van der Waals surface area contributed by atoms with Crippen molar-refractivity contribution in [1.29, 1.82) is 0 Å². The number of unbranched alkanes of at least 4 members (excludes halogenated alkanes) is 1. The molecule has 0 aliphatic carbocycles. The number of aryl methyl sites for hydroxylation is 1. The maximum atomic E-state index is 5.45. The van der Waals surface area contributed by atoms with E-state index in [2.05, 4.69) is 17.2 Å². The van der Waals surface area contributed by atoms with Crippen LogP contribution in [-0.4, -0.2) is 24.7 Å². The first kappa shape index (κ1) is 13.1. The summed E-state index contributed by atoms with van der Waals surface area (Å²) >= 11 is 0. The predicted molar refractivity (Wildman–Crippen MR) is 66.4 cm³/mol. The molecule has 1 rings (SSSR count). The van der Waals surface area contributed by atoms with Crippen LogP contribution in [0.25, 0.3) is 0 Å². The molecule has 1 aromatic rings. The molecule has 0 amide bonds. The van der Waals surface area contributed by atoms with Crippen molar-refractivity contribution >= 4 is 0 Å². The molecule has 1 aromatic heterocycles. The third kappa shape index (κ3) is 5.83. The number of hydrogen-bond acceptors (Lipinski definition) is 3. The summed E-state index contributed by atoms with van der Waals surface area (Å²) in [7, 11) is 0. The quantitative estimate of drug-likeness (QED) is 0.685. The van der Waals surface area contributed by atoms with Gasteiger partial charge in [0.15, 0.2) is 0 Å². The minimum atomic E-state index is 0.784. The van der Waals surface area contributed by atoms with E-state index in [0.29, 0.717) is 0 Å². The average Bonchev–Trinajstić information content (AvgIpc) is 2.28. The zero-order valence-electron chi connectivity index (χ0n) is 10.3. The van der Waals surface area contributed by atoms with Crippen LogP contribution < -0.4 is 5.32 Å². The molecule has 0 aromatic carbocycles. The van der Waals surface area contributed by atoms with E-state index < -0.39 is 0 Å². The molecule has 0 saturated heterocycles. The van der Waals surface area contributed by atoms with Gasteiger partial charge in [0.05, 0.1) is 12.3 Å². The van der Waals surface area contributed by atoms with Crippen molar-refractivity contribution in [2.24, 2.45) is 0 Å². The SMILES string of the molecule is CCCCOCCNCc1cccc(C)n1. The van der Waals surface area contributed by atoms with Gasteiger partial charge in [-0.2, -0.15) is 0 Å². The number of rotatable bonds is 8. The number of pyridine rings is 1. The van der Waals surface area contributed by atoms with Crippen LogP contribution in [0.1, 0.15) is 31.2 Å². The lowest BCUT2D eigenvalue weighted by atomic mass is 10.3. The molecule has 0 bridgehead atoms. The number of ether oxygens (including phenoxy) is 1. The Morgan fingerprint density at radius 2 is 2.19 bits per heavy atom. The van der Waals surface area contributed by atoms with Crippen molar-refractivity contribution in [3.8, 4) is 0 Å². The number of nitrogens with one attached hydrogen (secondary N) is 1. The minimum Gasteiger partial charge on any atom is -0.380 e. The van der Waals surface area contributed by atoms with Crippen LogP contribution in [0.4, 0.5) is 0 Å². The van der Waals surface area contributed by atoms with Crippen LogP contribution in [0.2, 0.25) is 0 Å². The fraction of sp³-hybridized carbons (Fsp3) is 0.615. The monoisotopic (exact) mass is 222 g/mol. The molecular weight excluding hydrogens is 200 g/mol. The van der Waals surface area contributed by atoms with E-state index in [1.54, 1.807) is 0 Å². The van der Waals surface area contributed by atoms with Crippen molar-refractivity contribution < 1.29 is 4.74 Å². The molecule has 1 heterocycles. The predicted octanol–water partition coefficient (Wildman–Crippen LogP) is 2.30. The highest BCUT2D eigenvalue weighted by Crippen LogP contribution is 1.97. The van der Waals surface area contributed by atoms with Crippen molar-refractivity contribution in [3.63, 3.8) is 0 Å². The molecule has 0 unspecified atom stereocenters. The largest absolute Gasteiger partial charge is 0.380 e. The number of aromatic nitrogens is 1. The summed E-state index contributed by atoms with van der Waals surface area (Å²) in [6.45, 7) is 7.55. The fourth-order valence-corrected chi connectivity index (χ4v) is 1.41. The van der Waals surface area contributed by atoms with Gasteiger partial charge in [-0.05, 0) is 25.5 Å². The molecule has 0 fully saturated rings. The Morgan fingerprint density at radius 1 is 1.31 bits per heavy atom. The summed E-state index contributed by atoms with van der Waals surface area (Å²) in [5.74, 6) is 0. The van der Waals surface area contributed by atoms with Crippen LogP contribution in [0.5, 0.6) is 0 Å². The van der Waals surface area contributed by atoms with Crippen molar-refractivity contribution in [1.82, 2.24) is 10.3 Å². The van der Waals surface area contributed by atoms with E-state index >= 15 is 0 Å². The highest BCUT2D eigenvalue weighted by Gasteiger charge is 1.94. The molecule has 0 saturated carbocycles. The maximum Gasteiger partial charge on any atom is 0.0591 e. The van der Waals surface area contributed by atoms with Gasteiger partial charge in [0, 0.05) is 25.4 Å². The van der Waals surface area contributed by atoms with Crippen LogP contribution in [0.3, 0.4) is 0 Å². The fourth-order valence-electron chi connectivity index (χ4n) is 1.41. The first-order valence-corrected chi connectivity index (χ1v) is 6.04. The Kier molecular flexibility index (Phi) is 6.77. The lowest BCUT2D eigenvalue weighted by Gasteiger charge is -2.05. The highest BCUT2D eigenvalue weighted by molar-refractivity contribution is 5.09. The first-order valence-electron chi connectivity index (χ1n) is 6.04. The van der Waals surface area contributed by atoms with E-state index in [1.807, 2.05) is 25.1 Å². The van der Waals surface area contributed by atoms with Crippen molar-refractivity contribution in [2.45, 2.75) is 33.2 Å². The molecule has 0 aliphatic heterocycles. The van der Waals surface area contributed by atoms with Crippen LogP contribution in [0.15, 0.2) is 18.2 Å². The van der Waals surface area contributed by atoms with Gasteiger partial charge >= 0.3 is 0 Å². The van der Waals surface area contributed by atoms with Crippen LogP contribution in [-0.2, 0) is 11.3 Å². The second kappa shape index (κ2) is 8.25. The summed E-state index contributed by atoms with van der Waals surface area (Å²) in [4.78, 5) is 4.42. The van der Waals surface area contributed by atoms with Crippen molar-refractivity contribution in [3.05, 3.63) is 29.6 Å². The zero-order valence-corrected chi connectivity index (χ0v) is 10.3. The van der Waals surface area contributed by atoms with Crippen molar-refractivity contribution in [2.75, 3.05) is 19.8 Å². The molecule has 0 spiro atoms. The van der Waals surface area contributed by atoms with Crippen LogP contribution >= 0.6 is 0 Å². The molecule has 0 aliphatic rings. The third-order valence-corrected chi connectivity index (χ3v) is 2.32. The van der Waals surface area contributed by atoms with Gasteiger partial charge in [-0.25, -0.2) is 0 Å². The Labute approximate surface area is 98.2 Å². The topological polar surface area (TPSA) is 34.1 Å². The highest BCUT2D eigenvalue weighted by atomic mass is 16.5. The molecule has 3 heteroatoms. The van der Waals surface area contributed by atoms with Gasteiger partial charge < -0.3 is 10.1 Å². The summed E-state index contributed by atoms with van der Waals surface area (Å²) < 4.78 is 5.45. The maximum absolute atomic E-state index is 5.45. The number of nitrogens with zero attached hydrogens (tertiary/aromatic N) is 1. The van der Waals surface area contributed by atoms with E-state index in [9.17, 15) is 0 Å². The standard InChI is InChI=1S/C13H22N2O/c1-3-4-9-16-10-8-14-11-13-7-5-6-12(2)15-13/h5-7,14H,3-4,8-11H2,1-2H3. The molecule has 90 valence electrons. The molecule has 16 heavy (non-hydrogen) atoms. The van der Waals surface area contributed by atoms with Gasteiger partial charge in [0.25, 0.3) is 0 Å². The van der Waals surface area contributed by atoms with E-state index in [4.69, 9.17) is 4.74 Å². The summed E-state index contributed by atoms with van der Waals surface area (Å²) in [5, 5.41) is 3.32. The van der Waals surface area contributed by atoms with E-state index in [0.717, 1.165) is 44.1 Å². The van der Waals surface area contributed by atoms with Crippen LogP contribution in [0, 0.1) is 6.92 Å². The lowest BCUT2D eigenvalue weighted by molar-refractivity contribution is 0.133. The smallest absolute Gasteiger partial charge is 0.0591 e. The second-order valence-corrected chi connectivity index (χ2v) is 3.91. The minimum absolute atomic E-state index is 0.784. The van der Waals surface area contributed by atoms with E-state index in [1.165, 1.54) is 6.42 Å². The second-order valence-electron chi connectivity index (χ2n) is 3.91. The lowest BCUT2D eigenvalue weighted by Crippen LogP contribution is -2.20. The average molecular weight is 222 g/mol. The van der Waals surface area contributed by atoms with E-state index in [-0.39, 0.29) is 0 Å². The van der Waals surface area contributed by atoms with Gasteiger partial charge in [0.1, 0.15) is 0 Å². The Balaban J connectivity index is 2.03. The number of hydrogen-bond donors (Lipinski definition) is 1. The molecule has 0 radical (unpaired) electrons. The summed E-state index contributed by atoms with van der Waals surface area (Å²) in [5.41, 5.74) is 2.16. The summed E-state index contributed by atoms with van der Waals surface area (Å²) in [6.07, 6.45) is 2.35. The van der Waals surface area contributed by atoms with Gasteiger partial charge in [0.2, 0.25) is 0 Å². The zero-order chi connectivity index (χ0) is 11.6. The normalized spacial score (nSPS) is 10.6. The molecule has 0 atom stereocenters. The van der Waals surface area contributed by atoms with Gasteiger partial charge in [-0.15, -0.1) is 0 Å². The van der Waals surface area contributed by atoms with Gasteiger partial charge in [-0.1, -0.05) is 19.4 Å². The molecule has 3 nitrogen and oxygen atoms in total. The summed E-state index contributed by atoms with van der Waals surface area (Å²) in [6, 6.07) is 6.09. The Morgan fingerprint density at radius 3 is 2.94 bits per heavy atom. The van der Waals surface area contributed by atoms with Gasteiger partial charge in [-0.3, -0.25) is 4.98 Å². The Bertz CT molecular complexity index is 289. The molecule has 1 N–H and O–H groups in total. The third-order valence-electron chi connectivity index (χ3n) is 2.32. The molecular formula is C13H22N2O. The first-order chi connectivity index (χ1) is 7.83. The Hall–Kier alpha value is -0.930.